The fourth-order valence-corrected chi connectivity index (χ4v) is 3.63. The molecule has 0 aromatic heterocycles. The highest BCUT2D eigenvalue weighted by molar-refractivity contribution is 7.80. The Bertz CT molecular complexity index is 1470. The van der Waals surface area contributed by atoms with Crippen molar-refractivity contribution in [2.24, 2.45) is 0 Å². The van der Waals surface area contributed by atoms with Gasteiger partial charge in [-0.3, -0.25) is 25.0 Å². The lowest BCUT2D eigenvalue weighted by Gasteiger charge is -2.29. The van der Waals surface area contributed by atoms with Crippen molar-refractivity contribution in [1.82, 2.24) is 5.32 Å². The van der Waals surface area contributed by atoms with Crippen LogP contribution in [0.2, 0.25) is 0 Å². The first-order valence-corrected chi connectivity index (χ1v) is 10.7. The predicted molar refractivity (Wildman–Crippen MR) is 127 cm³/mol. The van der Waals surface area contributed by atoms with Gasteiger partial charge in [0.1, 0.15) is 17.1 Å². The van der Waals surface area contributed by atoms with Crippen molar-refractivity contribution in [1.29, 1.82) is 0 Å². The number of hydrogen-bond donors (Lipinski definition) is 1. The Morgan fingerprint density at radius 2 is 1.70 bits per heavy atom. The molecule has 1 aliphatic heterocycles. The molecule has 1 N–H and O–H groups in total. The highest BCUT2D eigenvalue weighted by atomic mass is 32.1. The molecule has 1 heterocycles. The van der Waals surface area contributed by atoms with Gasteiger partial charge in [0.15, 0.2) is 5.11 Å². The van der Waals surface area contributed by atoms with Crippen molar-refractivity contribution in [2.45, 2.75) is 6.18 Å². The molecule has 188 valence electrons. The highest BCUT2D eigenvalue weighted by Crippen LogP contribution is 2.38. The minimum absolute atomic E-state index is 0.0404. The molecule has 3 aromatic carbocycles. The normalized spacial score (nSPS) is 15.1. The van der Waals surface area contributed by atoms with Gasteiger partial charge >= 0.3 is 11.9 Å². The van der Waals surface area contributed by atoms with Crippen molar-refractivity contribution in [2.75, 3.05) is 4.90 Å². The van der Waals surface area contributed by atoms with Crippen LogP contribution in [0.1, 0.15) is 11.1 Å². The average Bonchev–Trinajstić information content (AvgIpc) is 2.83. The number of benzene rings is 3. The number of alkyl halides is 3. The van der Waals surface area contributed by atoms with Crippen LogP contribution in [-0.2, 0) is 15.8 Å². The molecular formula is C24H13F4N3O5S. The lowest BCUT2D eigenvalue weighted by molar-refractivity contribution is -0.385. The van der Waals surface area contributed by atoms with E-state index in [0.29, 0.717) is 17.7 Å². The molecule has 8 nitrogen and oxygen atoms in total. The molecule has 0 radical (unpaired) electrons. The van der Waals surface area contributed by atoms with E-state index in [1.807, 2.05) is 0 Å². The number of halogens is 4. The zero-order chi connectivity index (χ0) is 26.9. The molecule has 0 saturated carbocycles. The van der Waals surface area contributed by atoms with Crippen LogP contribution in [-0.4, -0.2) is 21.9 Å². The van der Waals surface area contributed by atoms with Crippen LogP contribution in [0.15, 0.2) is 72.3 Å². The Balaban J connectivity index is 1.59. The number of amides is 2. The minimum Gasteiger partial charge on any atom is -0.450 e. The average molecular weight is 531 g/mol. The number of hydrogen-bond acceptors (Lipinski definition) is 6. The van der Waals surface area contributed by atoms with E-state index in [-0.39, 0.29) is 22.1 Å². The van der Waals surface area contributed by atoms with Gasteiger partial charge < -0.3 is 4.74 Å². The molecule has 3 aromatic rings. The summed E-state index contributed by atoms with van der Waals surface area (Å²) in [7, 11) is 0. The second-order valence-corrected chi connectivity index (χ2v) is 7.90. The summed E-state index contributed by atoms with van der Waals surface area (Å²) >= 11 is 5.03. The molecule has 13 heteroatoms. The van der Waals surface area contributed by atoms with Gasteiger partial charge in [-0.05, 0) is 60.3 Å². The van der Waals surface area contributed by atoms with E-state index in [0.717, 1.165) is 17.0 Å². The van der Waals surface area contributed by atoms with Gasteiger partial charge in [-0.2, -0.15) is 13.2 Å². The van der Waals surface area contributed by atoms with Crippen LogP contribution in [0.5, 0.6) is 11.5 Å². The lowest BCUT2D eigenvalue weighted by Crippen LogP contribution is -2.54. The van der Waals surface area contributed by atoms with Crippen molar-refractivity contribution < 1.29 is 36.8 Å². The Hall–Kier alpha value is -4.65. The third-order valence-electron chi connectivity index (χ3n) is 5.10. The van der Waals surface area contributed by atoms with Crippen molar-refractivity contribution in [3.8, 4) is 11.5 Å². The van der Waals surface area contributed by atoms with Gasteiger partial charge in [-0.1, -0.05) is 24.3 Å². The van der Waals surface area contributed by atoms with Crippen molar-refractivity contribution >= 4 is 46.6 Å². The van der Waals surface area contributed by atoms with Crippen LogP contribution < -0.4 is 15.0 Å². The zero-order valence-electron chi connectivity index (χ0n) is 18.3. The van der Waals surface area contributed by atoms with E-state index in [1.54, 1.807) is 0 Å². The SMILES string of the molecule is O=C1NC(=S)N(c2ccccc2F)C(=O)/C1=C\c1ccc(Oc2ccc(C(F)(F)F)cc2[N+](=O)[O-])cc1. The molecule has 2 amide bonds. The van der Waals surface area contributed by atoms with Gasteiger partial charge in [-0.15, -0.1) is 0 Å². The number of nitro benzene ring substituents is 1. The van der Waals surface area contributed by atoms with Gasteiger partial charge in [0.2, 0.25) is 5.75 Å². The molecule has 1 saturated heterocycles. The summed E-state index contributed by atoms with van der Waals surface area (Å²) in [6, 6.07) is 12.7. The van der Waals surface area contributed by atoms with Crippen LogP contribution >= 0.6 is 12.2 Å². The van der Waals surface area contributed by atoms with Crippen LogP contribution in [0.4, 0.5) is 28.9 Å². The van der Waals surface area contributed by atoms with Crippen LogP contribution in [0.25, 0.3) is 6.08 Å². The van der Waals surface area contributed by atoms with E-state index < -0.39 is 45.7 Å². The van der Waals surface area contributed by atoms with Crippen LogP contribution in [0.3, 0.4) is 0 Å². The maximum absolute atomic E-state index is 14.3. The Morgan fingerprint density at radius 3 is 2.32 bits per heavy atom. The van der Waals surface area contributed by atoms with E-state index in [2.05, 4.69) is 5.32 Å². The van der Waals surface area contributed by atoms with E-state index >= 15 is 0 Å². The fraction of sp³-hybridized carbons (Fsp3) is 0.0417. The largest absolute Gasteiger partial charge is 0.450 e. The second-order valence-electron chi connectivity index (χ2n) is 7.52. The summed E-state index contributed by atoms with van der Waals surface area (Å²) in [6.07, 6.45) is -3.55. The highest BCUT2D eigenvalue weighted by Gasteiger charge is 2.36. The topological polar surface area (TPSA) is 102 Å². The number of carbonyl (C=O) groups is 2. The monoisotopic (exact) mass is 531 g/mol. The zero-order valence-corrected chi connectivity index (χ0v) is 19.1. The van der Waals surface area contributed by atoms with E-state index in [4.69, 9.17) is 17.0 Å². The number of ether oxygens (including phenoxy) is 1. The summed E-state index contributed by atoms with van der Waals surface area (Å²) in [6.45, 7) is 0. The third-order valence-corrected chi connectivity index (χ3v) is 5.38. The maximum atomic E-state index is 14.3. The van der Waals surface area contributed by atoms with Gasteiger partial charge in [-0.25, -0.2) is 9.29 Å². The molecule has 0 aliphatic carbocycles. The molecule has 0 spiro atoms. The minimum atomic E-state index is -4.77. The predicted octanol–water partition coefficient (Wildman–Crippen LogP) is 5.38. The first-order valence-electron chi connectivity index (χ1n) is 10.3. The number of anilines is 1. The first kappa shape index (κ1) is 25.4. The molecule has 0 atom stereocenters. The van der Waals surface area contributed by atoms with E-state index in [1.165, 1.54) is 48.5 Å². The lowest BCUT2D eigenvalue weighted by atomic mass is 10.1. The Labute approximate surface area is 210 Å². The molecule has 0 unspecified atom stereocenters. The fourth-order valence-electron chi connectivity index (χ4n) is 3.36. The second kappa shape index (κ2) is 9.78. The number of thiocarbonyl (C=S) groups is 1. The number of nitrogens with zero attached hydrogens (tertiary/aromatic N) is 2. The Morgan fingerprint density at radius 1 is 1.03 bits per heavy atom. The molecule has 1 fully saturated rings. The quantitative estimate of drug-likeness (QED) is 0.119. The third kappa shape index (κ3) is 5.30. The van der Waals surface area contributed by atoms with Crippen molar-refractivity contribution in [3.05, 3.63) is 99.4 Å². The van der Waals surface area contributed by atoms with Crippen LogP contribution in [0, 0.1) is 15.9 Å². The summed E-state index contributed by atoms with van der Waals surface area (Å²) in [5.41, 5.74) is -2.24. The molecule has 37 heavy (non-hydrogen) atoms. The van der Waals surface area contributed by atoms with Crippen molar-refractivity contribution in [3.63, 3.8) is 0 Å². The van der Waals surface area contributed by atoms with Gasteiger partial charge in [0, 0.05) is 6.07 Å². The summed E-state index contributed by atoms with van der Waals surface area (Å²) in [5.74, 6) is -2.77. The van der Waals surface area contributed by atoms with Gasteiger partial charge in [0.25, 0.3) is 11.8 Å². The van der Waals surface area contributed by atoms with E-state index in [9.17, 15) is 37.3 Å². The number of para-hydroxylation sites is 1. The number of nitro groups is 1. The molecule has 4 rings (SSSR count). The standard InChI is InChI=1S/C24H13F4N3O5S/c25-17-3-1-2-4-18(17)30-22(33)16(21(32)29-23(30)37)11-13-5-8-15(9-6-13)36-20-10-7-14(24(26,27)28)12-19(20)31(34)35/h1-12H,(H,29,32,37)/b16-11-. The number of carbonyl (C=O) groups excluding carboxylic acids is 2. The Kier molecular flexibility index (Phi) is 6.72. The smallest absolute Gasteiger partial charge is 0.416 e. The number of rotatable bonds is 5. The summed E-state index contributed by atoms with van der Waals surface area (Å²) < 4.78 is 58.3. The maximum Gasteiger partial charge on any atom is 0.416 e. The van der Waals surface area contributed by atoms with Gasteiger partial charge in [0.05, 0.1) is 16.2 Å². The summed E-state index contributed by atoms with van der Waals surface area (Å²) in [4.78, 5) is 36.5. The first-order chi connectivity index (χ1) is 17.5. The summed E-state index contributed by atoms with van der Waals surface area (Å²) in [5, 5.41) is 13.3. The molecular weight excluding hydrogens is 518 g/mol. The number of nitrogens with one attached hydrogen (secondary N) is 1. The molecule has 0 bridgehead atoms. The molecule has 1 aliphatic rings.